The highest BCUT2D eigenvalue weighted by molar-refractivity contribution is 7.94. The molecule has 0 aliphatic rings. The molecule has 0 bridgehead atoms. The van der Waals surface area contributed by atoms with Crippen LogP contribution < -0.4 is 4.72 Å². The second-order valence-corrected chi connectivity index (χ2v) is 13.0. The summed E-state index contributed by atoms with van der Waals surface area (Å²) in [6.45, 7) is 1.14. The minimum Gasteiger partial charge on any atom is -0.244 e. The predicted molar refractivity (Wildman–Crippen MR) is 120 cm³/mol. The normalized spacial score (nSPS) is 14.0. The van der Waals surface area contributed by atoms with E-state index in [1.807, 2.05) is 0 Å². The van der Waals surface area contributed by atoms with E-state index in [-0.39, 0.29) is 10.6 Å². The zero-order chi connectivity index (χ0) is 26.2. The van der Waals surface area contributed by atoms with E-state index in [0.29, 0.717) is 0 Å². The molecule has 1 atom stereocenters. The van der Waals surface area contributed by atoms with Crippen molar-refractivity contribution in [1.29, 1.82) is 0 Å². The highest BCUT2D eigenvalue weighted by Gasteiger charge is 2.46. The van der Waals surface area contributed by atoms with Crippen molar-refractivity contribution in [2.24, 2.45) is 0 Å². The van der Waals surface area contributed by atoms with Crippen LogP contribution in [0.15, 0.2) is 86.6 Å². The number of benzene rings is 2. The molecule has 0 saturated carbocycles. The minimum absolute atomic E-state index is 0.0252. The van der Waals surface area contributed by atoms with Gasteiger partial charge in [-0.3, -0.25) is 0 Å². The lowest BCUT2D eigenvalue weighted by Crippen LogP contribution is -2.37. The molecule has 35 heavy (non-hydrogen) atoms. The van der Waals surface area contributed by atoms with Crippen LogP contribution in [-0.4, -0.2) is 35.7 Å². The van der Waals surface area contributed by atoms with E-state index >= 15 is 0 Å². The van der Waals surface area contributed by atoms with Gasteiger partial charge in [0.1, 0.15) is 4.90 Å². The first-order valence-electron chi connectivity index (χ1n) is 9.47. The fourth-order valence-electron chi connectivity index (χ4n) is 3.00. The minimum atomic E-state index is -5.64. The molecule has 2 aromatic carbocycles. The van der Waals surface area contributed by atoms with Crippen LogP contribution in [0.25, 0.3) is 0 Å². The summed E-state index contributed by atoms with van der Waals surface area (Å²) in [5.41, 5.74) is -5.50. The van der Waals surface area contributed by atoms with Gasteiger partial charge in [0.05, 0.1) is 14.8 Å². The van der Waals surface area contributed by atoms with Crippen LogP contribution in [0.3, 0.4) is 0 Å². The first-order valence-corrected chi connectivity index (χ1v) is 14.3. The molecular formula is C20H16ClF3N2O6S3. The summed E-state index contributed by atoms with van der Waals surface area (Å²) in [6.07, 6.45) is 1.22. The number of sulfonamides is 1. The number of sulfone groups is 2. The van der Waals surface area contributed by atoms with Crippen LogP contribution in [0.2, 0.25) is 5.02 Å². The summed E-state index contributed by atoms with van der Waals surface area (Å²) < 4.78 is 115. The number of pyridine rings is 1. The van der Waals surface area contributed by atoms with E-state index in [1.54, 1.807) is 0 Å². The predicted octanol–water partition coefficient (Wildman–Crippen LogP) is 3.90. The standard InChI is InChI=1S/C20H16ClF3N2O6S3/c1-13(26-35(31,32)20(22,23)24)14-8-10-15(11-9-14)33(27,28)19-16(21)5-4-6-17(19)34(29,30)18-7-2-3-12-25-18/h2-13,26H,1H3/t13-/m0/s1. The summed E-state index contributed by atoms with van der Waals surface area (Å²) in [5.74, 6) is 0. The van der Waals surface area contributed by atoms with Crippen LogP contribution in [0.5, 0.6) is 0 Å². The van der Waals surface area contributed by atoms with E-state index in [9.17, 15) is 38.4 Å². The van der Waals surface area contributed by atoms with Gasteiger partial charge in [-0.1, -0.05) is 35.9 Å². The van der Waals surface area contributed by atoms with Gasteiger partial charge in [-0.15, -0.1) is 0 Å². The largest absolute Gasteiger partial charge is 0.511 e. The Kier molecular flexibility index (Phi) is 7.35. The number of hydrogen-bond donors (Lipinski definition) is 1. The molecule has 0 aliphatic carbocycles. The Bertz CT molecular complexity index is 1560. The van der Waals surface area contributed by atoms with E-state index in [4.69, 9.17) is 11.6 Å². The van der Waals surface area contributed by atoms with Gasteiger partial charge in [0, 0.05) is 12.2 Å². The maximum atomic E-state index is 13.4. The maximum absolute atomic E-state index is 13.4. The Morgan fingerprint density at radius 3 is 2.03 bits per heavy atom. The molecule has 0 saturated heterocycles. The molecule has 0 fully saturated rings. The van der Waals surface area contributed by atoms with Crippen molar-refractivity contribution in [3.8, 4) is 0 Å². The number of nitrogens with one attached hydrogen (secondary N) is 1. The number of nitrogens with zero attached hydrogens (tertiary/aromatic N) is 1. The molecule has 0 aliphatic heterocycles. The lowest BCUT2D eigenvalue weighted by atomic mass is 10.1. The quantitative estimate of drug-likeness (QED) is 0.458. The van der Waals surface area contributed by atoms with Gasteiger partial charge in [-0.2, -0.15) is 13.2 Å². The van der Waals surface area contributed by atoms with Gasteiger partial charge in [0.15, 0.2) is 5.03 Å². The zero-order valence-corrected chi connectivity index (χ0v) is 20.8. The third-order valence-electron chi connectivity index (χ3n) is 4.73. The number of aromatic nitrogens is 1. The first kappa shape index (κ1) is 27.1. The Morgan fingerprint density at radius 1 is 0.857 bits per heavy atom. The molecule has 8 nitrogen and oxygen atoms in total. The van der Waals surface area contributed by atoms with Crippen molar-refractivity contribution >= 4 is 41.3 Å². The van der Waals surface area contributed by atoms with Crippen molar-refractivity contribution < 1.29 is 38.4 Å². The molecule has 3 rings (SSSR count). The molecule has 3 aromatic rings. The monoisotopic (exact) mass is 568 g/mol. The average molecular weight is 569 g/mol. The van der Waals surface area contributed by atoms with Gasteiger partial charge in [-0.05, 0) is 48.9 Å². The van der Waals surface area contributed by atoms with Crippen LogP contribution in [-0.2, 0) is 29.7 Å². The van der Waals surface area contributed by atoms with Gasteiger partial charge in [0.25, 0.3) is 0 Å². The molecule has 15 heteroatoms. The lowest BCUT2D eigenvalue weighted by Gasteiger charge is -2.17. The number of hydrogen-bond acceptors (Lipinski definition) is 7. The van der Waals surface area contributed by atoms with Crippen molar-refractivity contribution in [2.75, 3.05) is 0 Å². The molecule has 1 N–H and O–H groups in total. The van der Waals surface area contributed by atoms with Crippen LogP contribution in [0.4, 0.5) is 13.2 Å². The molecule has 188 valence electrons. The Morgan fingerprint density at radius 2 is 1.49 bits per heavy atom. The highest BCUT2D eigenvalue weighted by Crippen LogP contribution is 2.36. The number of rotatable bonds is 7. The summed E-state index contributed by atoms with van der Waals surface area (Å²) in [7, 11) is -14.6. The van der Waals surface area contributed by atoms with Crippen molar-refractivity contribution in [1.82, 2.24) is 9.71 Å². The smallest absolute Gasteiger partial charge is 0.244 e. The fourth-order valence-corrected chi connectivity index (χ4v) is 7.61. The Balaban J connectivity index is 2.04. The second kappa shape index (κ2) is 9.50. The average Bonchev–Trinajstić information content (AvgIpc) is 2.78. The van der Waals surface area contributed by atoms with E-state index < -0.39 is 61.0 Å². The summed E-state index contributed by atoms with van der Waals surface area (Å²) >= 11 is 6.11. The van der Waals surface area contributed by atoms with Crippen LogP contribution in [0.1, 0.15) is 18.5 Å². The molecule has 0 unspecified atom stereocenters. The van der Waals surface area contributed by atoms with E-state index in [2.05, 4.69) is 4.98 Å². The maximum Gasteiger partial charge on any atom is 0.511 e. The summed E-state index contributed by atoms with van der Waals surface area (Å²) in [5, 5.41) is -0.780. The SMILES string of the molecule is C[C@H](NS(=O)(=O)C(F)(F)F)c1ccc(S(=O)(=O)c2c(Cl)cccc2S(=O)(=O)c2ccccn2)cc1. The molecular weight excluding hydrogens is 553 g/mol. The van der Waals surface area contributed by atoms with Gasteiger partial charge in [0.2, 0.25) is 19.7 Å². The number of alkyl halides is 3. The molecule has 0 spiro atoms. The van der Waals surface area contributed by atoms with Crippen LogP contribution >= 0.6 is 11.6 Å². The molecule has 0 radical (unpaired) electrons. The van der Waals surface area contributed by atoms with Gasteiger partial charge in [-0.25, -0.2) is 35.0 Å². The molecule has 1 aromatic heterocycles. The Hall–Kier alpha value is -2.52. The number of halogens is 4. The van der Waals surface area contributed by atoms with Gasteiger partial charge >= 0.3 is 15.5 Å². The van der Waals surface area contributed by atoms with E-state index in [1.165, 1.54) is 41.3 Å². The third kappa shape index (κ3) is 5.35. The topological polar surface area (TPSA) is 127 Å². The Labute approximate surface area is 204 Å². The molecule has 1 heterocycles. The zero-order valence-electron chi connectivity index (χ0n) is 17.6. The third-order valence-corrected chi connectivity index (χ3v) is 10.1. The fraction of sp³-hybridized carbons (Fsp3) is 0.150. The second-order valence-electron chi connectivity index (χ2n) is 7.10. The van der Waals surface area contributed by atoms with Crippen molar-refractivity contribution in [3.63, 3.8) is 0 Å². The highest BCUT2D eigenvalue weighted by atomic mass is 35.5. The van der Waals surface area contributed by atoms with Gasteiger partial charge < -0.3 is 0 Å². The lowest BCUT2D eigenvalue weighted by molar-refractivity contribution is -0.0450. The van der Waals surface area contributed by atoms with E-state index in [0.717, 1.165) is 37.3 Å². The van der Waals surface area contributed by atoms with Crippen molar-refractivity contribution in [3.05, 3.63) is 77.4 Å². The summed E-state index contributed by atoms with van der Waals surface area (Å²) in [4.78, 5) is 2.03. The van der Waals surface area contributed by atoms with Crippen molar-refractivity contribution in [2.45, 2.75) is 38.2 Å². The first-order chi connectivity index (χ1) is 16.1. The molecule has 0 amide bonds. The summed E-state index contributed by atoms with van der Waals surface area (Å²) in [6, 6.07) is 10.4. The van der Waals surface area contributed by atoms with Crippen LogP contribution in [0, 0.1) is 0 Å².